The van der Waals surface area contributed by atoms with Gasteiger partial charge in [0.15, 0.2) is 11.2 Å². The fourth-order valence-corrected chi connectivity index (χ4v) is 4.55. The molecule has 2 aliphatic rings. The highest BCUT2D eigenvalue weighted by atomic mass is 35.5. The van der Waals surface area contributed by atoms with Crippen molar-refractivity contribution in [1.82, 2.24) is 29.8 Å². The number of hydrogen-bond donors (Lipinski definition) is 1. The second-order valence-electron chi connectivity index (χ2n) is 9.94. The molecule has 0 radical (unpaired) electrons. The van der Waals surface area contributed by atoms with Gasteiger partial charge in [0.05, 0.1) is 17.3 Å². The lowest BCUT2D eigenvalue weighted by Crippen LogP contribution is -2.45. The molecule has 2 fully saturated rings. The molecule has 1 aromatic carbocycles. The summed E-state index contributed by atoms with van der Waals surface area (Å²) in [6, 6.07) is 9.46. The minimum absolute atomic E-state index is 0.0352. The lowest BCUT2D eigenvalue weighted by molar-refractivity contribution is -0.134. The molecule has 196 valence electrons. The molecule has 4 aromatic rings. The van der Waals surface area contributed by atoms with E-state index in [0.29, 0.717) is 53.3 Å². The predicted molar refractivity (Wildman–Crippen MR) is 140 cm³/mol. The van der Waals surface area contributed by atoms with Crippen molar-refractivity contribution in [3.8, 4) is 23.0 Å². The van der Waals surface area contributed by atoms with E-state index < -0.39 is 0 Å². The largest absolute Gasteiger partial charge is 0.491 e. The van der Waals surface area contributed by atoms with Gasteiger partial charge >= 0.3 is 0 Å². The van der Waals surface area contributed by atoms with Gasteiger partial charge in [0.25, 0.3) is 0 Å². The third-order valence-corrected chi connectivity index (χ3v) is 6.99. The number of carbonyl (C=O) groups excluding carboxylic acids is 1. The second kappa shape index (κ2) is 9.85. The van der Waals surface area contributed by atoms with Crippen LogP contribution in [-0.4, -0.2) is 61.9 Å². The first-order chi connectivity index (χ1) is 18.4. The number of carbonyl (C=O) groups is 1. The van der Waals surface area contributed by atoms with Crippen molar-refractivity contribution in [2.24, 2.45) is 0 Å². The van der Waals surface area contributed by atoms with Crippen molar-refractivity contribution in [3.05, 3.63) is 59.1 Å². The molecule has 1 saturated carbocycles. The van der Waals surface area contributed by atoms with E-state index in [1.165, 1.54) is 6.33 Å². The average molecular weight is 535 g/mol. The molecule has 1 saturated heterocycles. The van der Waals surface area contributed by atoms with Crippen LogP contribution in [-0.2, 0) is 16.1 Å². The van der Waals surface area contributed by atoms with E-state index in [4.69, 9.17) is 30.8 Å². The van der Waals surface area contributed by atoms with Crippen LogP contribution in [0, 0.1) is 6.92 Å². The Morgan fingerprint density at radius 1 is 1.21 bits per heavy atom. The molecule has 1 amide bonds. The zero-order chi connectivity index (χ0) is 26.3. The summed E-state index contributed by atoms with van der Waals surface area (Å²) in [7, 11) is 0. The van der Waals surface area contributed by atoms with Crippen molar-refractivity contribution < 1.29 is 19.0 Å². The van der Waals surface area contributed by atoms with Gasteiger partial charge in [-0.3, -0.25) is 9.78 Å². The molecular formula is C27H27ClN6O4. The molecule has 4 heterocycles. The Bertz CT molecular complexity index is 1510. The Morgan fingerprint density at radius 2 is 2.08 bits per heavy atom. The number of benzene rings is 1. The number of ether oxygens (including phenoxy) is 3. The van der Waals surface area contributed by atoms with E-state index in [9.17, 15) is 4.79 Å². The first-order valence-electron chi connectivity index (χ1n) is 12.5. The maximum absolute atomic E-state index is 11.3. The highest BCUT2D eigenvalue weighted by Crippen LogP contribution is 2.41. The van der Waals surface area contributed by atoms with Gasteiger partial charge in [-0.15, -0.1) is 0 Å². The molecule has 6 rings (SSSR count). The Kier molecular flexibility index (Phi) is 6.37. The summed E-state index contributed by atoms with van der Waals surface area (Å²) in [4.78, 5) is 29.7. The monoisotopic (exact) mass is 534 g/mol. The summed E-state index contributed by atoms with van der Waals surface area (Å²) in [6.45, 7) is 5.28. The summed E-state index contributed by atoms with van der Waals surface area (Å²) in [5.74, 6) is 1.56. The molecule has 10 nitrogen and oxygen atoms in total. The van der Waals surface area contributed by atoms with Gasteiger partial charge < -0.3 is 24.1 Å². The topological polar surface area (TPSA) is 113 Å². The van der Waals surface area contributed by atoms with Gasteiger partial charge in [-0.25, -0.2) is 9.97 Å². The number of nitrogens with one attached hydrogen (secondary N) is 1. The number of imidazole rings is 1. The maximum Gasteiger partial charge on any atom is 0.246 e. The van der Waals surface area contributed by atoms with Crippen molar-refractivity contribution >= 4 is 28.7 Å². The van der Waals surface area contributed by atoms with E-state index in [1.54, 1.807) is 12.3 Å². The SMILES string of the molecule is Cc1ccnc(Cn2c(-c3ccc(OC[C@@H]4CNC(=O)CO4)cc3Cl)nc3c(OC4(C)CC4)ncnc32)c1. The van der Waals surface area contributed by atoms with Gasteiger partial charge in [-0.2, -0.15) is 4.98 Å². The van der Waals surface area contributed by atoms with Crippen LogP contribution in [0.15, 0.2) is 42.9 Å². The number of halogens is 1. The van der Waals surface area contributed by atoms with Gasteiger partial charge in [0, 0.05) is 18.3 Å². The molecule has 11 heteroatoms. The molecular weight excluding hydrogens is 508 g/mol. The number of pyridine rings is 1. The third-order valence-electron chi connectivity index (χ3n) is 6.68. The van der Waals surface area contributed by atoms with Gasteiger partial charge in [-0.1, -0.05) is 11.6 Å². The molecule has 38 heavy (non-hydrogen) atoms. The number of rotatable bonds is 8. The summed E-state index contributed by atoms with van der Waals surface area (Å²) in [6.07, 6.45) is 5.03. The van der Waals surface area contributed by atoms with Crippen molar-refractivity contribution in [2.45, 2.75) is 44.9 Å². The summed E-state index contributed by atoms with van der Waals surface area (Å²) < 4.78 is 19.6. The second-order valence-corrected chi connectivity index (χ2v) is 10.3. The first-order valence-corrected chi connectivity index (χ1v) is 12.9. The highest BCUT2D eigenvalue weighted by molar-refractivity contribution is 6.33. The predicted octanol–water partition coefficient (Wildman–Crippen LogP) is 3.72. The third kappa shape index (κ3) is 5.14. The number of morpholine rings is 1. The standard InChI is InChI=1S/C27H27ClN6O4/c1-16-5-8-29-17(9-16)12-34-24(33-23-25(34)31-15-32-26(23)38-27(2)6-7-27)20-4-3-18(10-21(20)28)36-13-19-11-30-22(35)14-37-19/h3-5,8-10,15,19H,6-7,11-14H2,1-2H3,(H,30,35)/t19-/m0/s1. The molecule has 1 aliphatic carbocycles. The fourth-order valence-electron chi connectivity index (χ4n) is 4.30. The van der Waals surface area contributed by atoms with Crippen LogP contribution in [0.5, 0.6) is 11.6 Å². The van der Waals surface area contributed by atoms with Crippen molar-refractivity contribution in [2.75, 3.05) is 19.8 Å². The number of amides is 1. The smallest absolute Gasteiger partial charge is 0.246 e. The highest BCUT2D eigenvalue weighted by Gasteiger charge is 2.41. The van der Waals surface area contributed by atoms with Gasteiger partial charge in [-0.05, 0) is 62.6 Å². The van der Waals surface area contributed by atoms with E-state index >= 15 is 0 Å². The van der Waals surface area contributed by atoms with Crippen LogP contribution >= 0.6 is 11.6 Å². The zero-order valence-electron chi connectivity index (χ0n) is 21.1. The molecule has 1 aliphatic heterocycles. The van der Waals surface area contributed by atoms with Crippen LogP contribution in [0.1, 0.15) is 31.0 Å². The van der Waals surface area contributed by atoms with Crippen LogP contribution in [0.25, 0.3) is 22.6 Å². The summed E-state index contributed by atoms with van der Waals surface area (Å²) >= 11 is 6.78. The Hall–Kier alpha value is -3.76. The number of fused-ring (bicyclic) bond motifs is 1. The first kappa shape index (κ1) is 24.6. The number of hydrogen-bond acceptors (Lipinski definition) is 8. The Labute approximate surface area is 224 Å². The lowest BCUT2D eigenvalue weighted by atomic mass is 10.2. The molecule has 0 bridgehead atoms. The van der Waals surface area contributed by atoms with Crippen LogP contribution in [0.3, 0.4) is 0 Å². The van der Waals surface area contributed by atoms with Crippen molar-refractivity contribution in [3.63, 3.8) is 0 Å². The minimum Gasteiger partial charge on any atom is -0.491 e. The minimum atomic E-state index is -0.220. The summed E-state index contributed by atoms with van der Waals surface area (Å²) in [5, 5.41) is 3.24. The van der Waals surface area contributed by atoms with E-state index in [0.717, 1.165) is 29.7 Å². The lowest BCUT2D eigenvalue weighted by Gasteiger charge is -2.23. The van der Waals surface area contributed by atoms with Gasteiger partial charge in [0.1, 0.15) is 42.8 Å². The van der Waals surface area contributed by atoms with Crippen molar-refractivity contribution in [1.29, 1.82) is 0 Å². The number of nitrogens with zero attached hydrogens (tertiary/aromatic N) is 5. The number of aryl methyl sites for hydroxylation is 1. The quantitative estimate of drug-likeness (QED) is 0.364. The maximum atomic E-state index is 11.3. The molecule has 1 atom stereocenters. The van der Waals surface area contributed by atoms with Crippen LogP contribution < -0.4 is 14.8 Å². The molecule has 3 aromatic heterocycles. The molecule has 0 unspecified atom stereocenters. The van der Waals surface area contributed by atoms with E-state index in [1.807, 2.05) is 35.8 Å². The van der Waals surface area contributed by atoms with Gasteiger partial charge in [0.2, 0.25) is 11.8 Å². The molecule has 1 N–H and O–H groups in total. The van der Waals surface area contributed by atoms with E-state index in [2.05, 4.69) is 27.2 Å². The number of aromatic nitrogens is 5. The summed E-state index contributed by atoms with van der Waals surface area (Å²) in [5.41, 5.74) is 3.71. The normalized spacial score (nSPS) is 18.3. The zero-order valence-corrected chi connectivity index (χ0v) is 21.9. The fraction of sp³-hybridized carbons (Fsp3) is 0.370. The Morgan fingerprint density at radius 3 is 2.82 bits per heavy atom. The van der Waals surface area contributed by atoms with E-state index in [-0.39, 0.29) is 24.2 Å². The average Bonchev–Trinajstić information content (AvgIpc) is 3.52. The van der Waals surface area contributed by atoms with Crippen LogP contribution in [0.2, 0.25) is 5.02 Å². The molecule has 0 spiro atoms. The van der Waals surface area contributed by atoms with Crippen LogP contribution in [0.4, 0.5) is 0 Å². The Balaban J connectivity index is 1.34.